The lowest BCUT2D eigenvalue weighted by molar-refractivity contribution is -0.138. The molecule has 3 heterocycles. The first-order valence-electron chi connectivity index (χ1n) is 12.5. The summed E-state index contributed by atoms with van der Waals surface area (Å²) in [5.74, 6) is -0.312. The summed E-state index contributed by atoms with van der Waals surface area (Å²) in [5, 5.41) is 3.19. The molecule has 0 saturated heterocycles. The molecular weight excluding hydrogens is 589 g/mol. The Hall–Kier alpha value is -3.93. The van der Waals surface area contributed by atoms with Crippen LogP contribution in [0.25, 0.3) is 16.7 Å². The van der Waals surface area contributed by atoms with Crippen molar-refractivity contribution in [2.24, 2.45) is 7.05 Å². The Labute approximate surface area is 236 Å². The first kappa shape index (κ1) is 27.6. The number of halogens is 4. The quantitative estimate of drug-likeness (QED) is 0.301. The van der Waals surface area contributed by atoms with Crippen LogP contribution in [-0.2, 0) is 26.2 Å². The standard InChI is InChI=1S/C28H26BrF3N6O2/c1-5-15(2)34-27-35-23-13-37(25(39)17-6-8-21(29)20(11-17)28(30,31)32)16(3)10-19(23)26(40)38(27)18-7-9-24-22(12-18)33-14-36(24)4/h5-9,11-12,14-16H,1,10,13H2,2-4H3,(H,34,35)/t15-,16-/m1/s1. The largest absolute Gasteiger partial charge is 0.417 e. The SMILES string of the molecule is C=C[C@@H](C)Nc1nc2c(c(=O)n1-c1ccc3c(c1)ncn3C)C[C@@H](C)N(C(=O)c1ccc(Br)c(C(F)(F)F)c1)C2. The van der Waals surface area contributed by atoms with Gasteiger partial charge in [-0.25, -0.2) is 14.5 Å². The zero-order valence-corrected chi connectivity index (χ0v) is 23.5. The highest BCUT2D eigenvalue weighted by atomic mass is 79.9. The monoisotopic (exact) mass is 614 g/mol. The molecule has 1 amide bonds. The van der Waals surface area contributed by atoms with Crippen molar-refractivity contribution in [3.63, 3.8) is 0 Å². The molecule has 0 saturated carbocycles. The van der Waals surface area contributed by atoms with E-state index in [9.17, 15) is 22.8 Å². The lowest BCUT2D eigenvalue weighted by atomic mass is 9.98. The first-order chi connectivity index (χ1) is 18.9. The van der Waals surface area contributed by atoms with Crippen LogP contribution >= 0.6 is 15.9 Å². The number of hydrogen-bond donors (Lipinski definition) is 1. The molecular formula is C28H26BrF3N6O2. The summed E-state index contributed by atoms with van der Waals surface area (Å²) < 4.78 is 43.6. The molecule has 0 radical (unpaired) electrons. The number of amides is 1. The lowest BCUT2D eigenvalue weighted by Crippen LogP contribution is -2.46. The summed E-state index contributed by atoms with van der Waals surface area (Å²) in [7, 11) is 1.88. The number of aromatic nitrogens is 4. The molecule has 208 valence electrons. The van der Waals surface area contributed by atoms with Gasteiger partial charge in [-0.1, -0.05) is 22.0 Å². The van der Waals surface area contributed by atoms with Crippen molar-refractivity contribution in [1.82, 2.24) is 24.0 Å². The van der Waals surface area contributed by atoms with Crippen molar-refractivity contribution in [1.29, 1.82) is 0 Å². The van der Waals surface area contributed by atoms with Crippen LogP contribution in [0.15, 0.2) is 64.6 Å². The van der Waals surface area contributed by atoms with Gasteiger partial charge in [-0.15, -0.1) is 6.58 Å². The third kappa shape index (κ3) is 4.91. The van der Waals surface area contributed by atoms with Crippen molar-refractivity contribution in [2.45, 2.75) is 45.1 Å². The highest BCUT2D eigenvalue weighted by Gasteiger charge is 2.36. The highest BCUT2D eigenvalue weighted by molar-refractivity contribution is 9.10. The van der Waals surface area contributed by atoms with Gasteiger partial charge in [-0.2, -0.15) is 13.2 Å². The Morgan fingerprint density at radius 2 is 2.00 bits per heavy atom. The van der Waals surface area contributed by atoms with E-state index in [0.717, 1.165) is 11.6 Å². The number of imidazole rings is 1. The Bertz CT molecular complexity index is 1710. The van der Waals surface area contributed by atoms with Gasteiger partial charge in [0.2, 0.25) is 5.95 Å². The molecule has 2 atom stereocenters. The van der Waals surface area contributed by atoms with Gasteiger partial charge in [-0.05, 0) is 56.7 Å². The van der Waals surface area contributed by atoms with E-state index in [4.69, 9.17) is 4.98 Å². The van der Waals surface area contributed by atoms with E-state index in [0.29, 0.717) is 22.5 Å². The predicted octanol–water partition coefficient (Wildman–Crippen LogP) is 5.47. The number of hydrogen-bond acceptors (Lipinski definition) is 5. The van der Waals surface area contributed by atoms with Crippen LogP contribution in [-0.4, -0.2) is 42.0 Å². The third-order valence-corrected chi connectivity index (χ3v) is 7.76. The maximum atomic E-state index is 13.9. The normalized spacial score (nSPS) is 16.1. The fourth-order valence-electron chi connectivity index (χ4n) is 4.83. The van der Waals surface area contributed by atoms with Crippen molar-refractivity contribution in [3.8, 4) is 5.69 Å². The maximum Gasteiger partial charge on any atom is 0.417 e. The van der Waals surface area contributed by atoms with Crippen LogP contribution in [0.2, 0.25) is 0 Å². The van der Waals surface area contributed by atoms with Crippen LogP contribution in [0.5, 0.6) is 0 Å². The molecule has 4 aromatic rings. The minimum Gasteiger partial charge on any atom is -0.349 e. The van der Waals surface area contributed by atoms with Crippen molar-refractivity contribution in [3.05, 3.63) is 92.6 Å². The summed E-state index contributed by atoms with van der Waals surface area (Å²) in [6, 6.07) is 8.21. The Morgan fingerprint density at radius 1 is 1.25 bits per heavy atom. The van der Waals surface area contributed by atoms with E-state index in [-0.39, 0.29) is 40.6 Å². The highest BCUT2D eigenvalue weighted by Crippen LogP contribution is 2.36. The number of nitrogens with zero attached hydrogens (tertiary/aromatic N) is 5. The van der Waals surface area contributed by atoms with E-state index in [1.807, 2.05) is 36.7 Å². The fourth-order valence-corrected chi connectivity index (χ4v) is 5.31. The van der Waals surface area contributed by atoms with Crippen molar-refractivity contribution in [2.75, 3.05) is 5.32 Å². The maximum absolute atomic E-state index is 13.9. The van der Waals surface area contributed by atoms with Crippen LogP contribution in [0.3, 0.4) is 0 Å². The number of benzene rings is 2. The summed E-state index contributed by atoms with van der Waals surface area (Å²) in [6.07, 6.45) is -1.07. The Morgan fingerprint density at radius 3 is 2.70 bits per heavy atom. The van der Waals surface area contributed by atoms with Gasteiger partial charge >= 0.3 is 6.18 Å². The summed E-state index contributed by atoms with van der Waals surface area (Å²) in [5.41, 5.74) is 1.71. The van der Waals surface area contributed by atoms with Crippen LogP contribution < -0.4 is 10.9 Å². The Kier molecular flexibility index (Phi) is 7.07. The van der Waals surface area contributed by atoms with Crippen molar-refractivity contribution < 1.29 is 18.0 Å². The average molecular weight is 615 g/mol. The molecule has 1 N–H and O–H groups in total. The van der Waals surface area contributed by atoms with E-state index < -0.39 is 23.7 Å². The number of aryl methyl sites for hydroxylation is 1. The predicted molar refractivity (Wildman–Crippen MR) is 150 cm³/mol. The molecule has 2 aromatic heterocycles. The van der Waals surface area contributed by atoms with Gasteiger partial charge in [0.25, 0.3) is 11.5 Å². The second-order valence-corrected chi connectivity index (χ2v) is 10.7. The van der Waals surface area contributed by atoms with Gasteiger partial charge in [0.15, 0.2) is 0 Å². The molecule has 1 aliphatic heterocycles. The molecule has 2 aromatic carbocycles. The number of alkyl halides is 3. The number of fused-ring (bicyclic) bond motifs is 2. The zero-order valence-electron chi connectivity index (χ0n) is 22.0. The number of nitrogens with one attached hydrogen (secondary N) is 1. The van der Waals surface area contributed by atoms with Gasteiger partial charge in [0, 0.05) is 34.7 Å². The van der Waals surface area contributed by atoms with Gasteiger partial charge in [0.05, 0.1) is 40.9 Å². The van der Waals surface area contributed by atoms with E-state index in [1.165, 1.54) is 21.6 Å². The summed E-state index contributed by atoms with van der Waals surface area (Å²) in [6.45, 7) is 7.39. The molecule has 0 aliphatic carbocycles. The summed E-state index contributed by atoms with van der Waals surface area (Å²) >= 11 is 2.92. The van der Waals surface area contributed by atoms with Crippen LogP contribution in [0.4, 0.5) is 19.1 Å². The minimum atomic E-state index is -4.62. The molecule has 0 spiro atoms. The average Bonchev–Trinajstić information content (AvgIpc) is 3.28. The number of rotatable bonds is 5. The van der Waals surface area contributed by atoms with E-state index in [2.05, 4.69) is 32.8 Å². The topological polar surface area (TPSA) is 85.1 Å². The second kappa shape index (κ2) is 10.2. The number of carbonyl (C=O) groups excluding carboxylic acids is 1. The van der Waals surface area contributed by atoms with Crippen LogP contribution in [0, 0.1) is 0 Å². The smallest absolute Gasteiger partial charge is 0.349 e. The first-order valence-corrected chi connectivity index (χ1v) is 13.3. The fraction of sp³-hybridized carbons (Fsp3) is 0.286. The molecule has 8 nitrogen and oxygen atoms in total. The molecule has 12 heteroatoms. The van der Waals surface area contributed by atoms with Gasteiger partial charge in [-0.3, -0.25) is 9.59 Å². The molecule has 0 fully saturated rings. The van der Waals surface area contributed by atoms with Gasteiger partial charge < -0.3 is 14.8 Å². The molecule has 1 aliphatic rings. The summed E-state index contributed by atoms with van der Waals surface area (Å²) in [4.78, 5) is 37.9. The molecule has 5 rings (SSSR count). The van der Waals surface area contributed by atoms with E-state index in [1.54, 1.807) is 19.3 Å². The zero-order chi connectivity index (χ0) is 28.9. The lowest BCUT2D eigenvalue weighted by Gasteiger charge is -2.35. The molecule has 0 bridgehead atoms. The molecule has 40 heavy (non-hydrogen) atoms. The van der Waals surface area contributed by atoms with Crippen molar-refractivity contribution >= 4 is 38.8 Å². The molecule has 0 unspecified atom stereocenters. The number of carbonyl (C=O) groups is 1. The number of anilines is 1. The van der Waals surface area contributed by atoms with E-state index >= 15 is 0 Å². The minimum absolute atomic E-state index is 0.0285. The Balaban J connectivity index is 1.58. The second-order valence-electron chi connectivity index (χ2n) is 9.88. The van der Waals surface area contributed by atoms with Crippen LogP contribution in [0.1, 0.15) is 41.0 Å². The van der Waals surface area contributed by atoms with Gasteiger partial charge in [0.1, 0.15) is 0 Å². The third-order valence-electron chi connectivity index (χ3n) is 7.07.